The molecule has 0 saturated heterocycles. The molecule has 5 heteroatoms. The zero-order chi connectivity index (χ0) is 11.3. The fourth-order valence-corrected chi connectivity index (χ4v) is 1.23. The van der Waals surface area contributed by atoms with Crippen LogP contribution in [-0.2, 0) is 0 Å². The highest BCUT2D eigenvalue weighted by molar-refractivity contribution is 5.85. The van der Waals surface area contributed by atoms with E-state index < -0.39 is 0 Å². The van der Waals surface area contributed by atoms with Gasteiger partial charge in [-0.2, -0.15) is 5.26 Å². The molecule has 3 nitrogen and oxygen atoms in total. The number of aromatic nitrogens is 1. The molecule has 1 atom stereocenters. The minimum Gasteiger partial charge on any atom is -0.328 e. The van der Waals surface area contributed by atoms with Crippen molar-refractivity contribution in [2.24, 2.45) is 5.73 Å². The molecule has 0 bridgehead atoms. The largest absolute Gasteiger partial charge is 0.328 e. The van der Waals surface area contributed by atoms with Gasteiger partial charge >= 0.3 is 0 Å². The lowest BCUT2D eigenvalue weighted by Gasteiger charge is -2.02. The molecule has 0 unspecified atom stereocenters. The Kier molecular flexibility index (Phi) is 9.69. The predicted molar refractivity (Wildman–Crippen MR) is 75.5 cm³/mol. The van der Waals surface area contributed by atoms with E-state index in [1.54, 1.807) is 12.4 Å². The van der Waals surface area contributed by atoms with E-state index in [4.69, 9.17) is 11.0 Å². The average molecular weight is 274 g/mol. The van der Waals surface area contributed by atoms with Crippen LogP contribution in [0.25, 0.3) is 6.08 Å². The number of hydrogen-bond donors (Lipinski definition) is 1. The smallest absolute Gasteiger partial charge is 0.101 e. The van der Waals surface area contributed by atoms with Gasteiger partial charge in [-0.25, -0.2) is 0 Å². The lowest BCUT2D eigenvalue weighted by Crippen LogP contribution is -2.12. The minimum atomic E-state index is 0. The van der Waals surface area contributed by atoms with Crippen LogP contribution in [0.1, 0.15) is 30.0 Å². The molecule has 1 aromatic rings. The summed E-state index contributed by atoms with van der Waals surface area (Å²) in [6, 6.07) is 2.27. The Morgan fingerprint density at radius 2 is 2.12 bits per heavy atom. The molecule has 0 aromatic carbocycles. The molecule has 1 aromatic heterocycles. The van der Waals surface area contributed by atoms with E-state index in [2.05, 4.69) is 11.1 Å². The van der Waals surface area contributed by atoms with Crippen molar-refractivity contribution in [2.75, 3.05) is 0 Å². The summed E-state index contributed by atoms with van der Waals surface area (Å²) in [4.78, 5) is 4.01. The van der Waals surface area contributed by atoms with E-state index >= 15 is 0 Å². The van der Waals surface area contributed by atoms with Gasteiger partial charge in [0, 0.05) is 18.4 Å². The molecule has 2 N–H and O–H groups in total. The van der Waals surface area contributed by atoms with Crippen LogP contribution in [0.5, 0.6) is 0 Å². The summed E-state index contributed by atoms with van der Waals surface area (Å²) in [5.41, 5.74) is 8.20. The first-order valence-electron chi connectivity index (χ1n) is 4.92. The molecule has 1 heterocycles. The molecule has 94 valence electrons. The molecule has 0 fully saturated rings. The van der Waals surface area contributed by atoms with Crippen molar-refractivity contribution in [3.63, 3.8) is 0 Å². The van der Waals surface area contributed by atoms with Crippen molar-refractivity contribution in [3.05, 3.63) is 35.2 Å². The maximum absolute atomic E-state index is 8.82. The first-order chi connectivity index (χ1) is 7.15. The number of nitriles is 1. The van der Waals surface area contributed by atoms with Gasteiger partial charge in [0.2, 0.25) is 0 Å². The highest BCUT2D eigenvalue weighted by atomic mass is 35.5. The van der Waals surface area contributed by atoms with E-state index in [1.165, 1.54) is 0 Å². The highest BCUT2D eigenvalue weighted by Crippen LogP contribution is 2.12. The summed E-state index contributed by atoms with van der Waals surface area (Å²) in [5.74, 6) is 0. The second kappa shape index (κ2) is 9.00. The lowest BCUT2D eigenvalue weighted by molar-refractivity contribution is 0.759. The van der Waals surface area contributed by atoms with Gasteiger partial charge in [-0.1, -0.05) is 12.2 Å². The molecule has 0 saturated carbocycles. The number of hydrogen-bond acceptors (Lipinski definition) is 3. The molecule has 0 spiro atoms. The third-order valence-electron chi connectivity index (χ3n) is 2.18. The Morgan fingerprint density at radius 1 is 1.47 bits per heavy atom. The molecular formula is C12H17Cl2N3. The van der Waals surface area contributed by atoms with Crippen LogP contribution in [0.15, 0.2) is 18.5 Å². The first-order valence-corrected chi connectivity index (χ1v) is 4.92. The van der Waals surface area contributed by atoms with Gasteiger partial charge in [0.1, 0.15) is 6.07 Å². The van der Waals surface area contributed by atoms with Crippen molar-refractivity contribution in [3.8, 4) is 6.07 Å². The van der Waals surface area contributed by atoms with Gasteiger partial charge in [-0.15, -0.1) is 24.8 Å². The number of nitrogens with two attached hydrogens (primary N) is 1. The quantitative estimate of drug-likeness (QED) is 0.921. The second-order valence-electron chi connectivity index (χ2n) is 3.63. The summed E-state index contributed by atoms with van der Waals surface area (Å²) < 4.78 is 0. The Balaban J connectivity index is 0. The van der Waals surface area contributed by atoms with Crippen LogP contribution >= 0.6 is 24.8 Å². The van der Waals surface area contributed by atoms with Gasteiger partial charge in [0.25, 0.3) is 0 Å². The van der Waals surface area contributed by atoms with Gasteiger partial charge < -0.3 is 5.73 Å². The molecule has 1 rings (SSSR count). The molecule has 0 aliphatic carbocycles. The number of nitrogens with zero attached hydrogens (tertiary/aromatic N) is 2. The second-order valence-corrected chi connectivity index (χ2v) is 3.63. The average Bonchev–Trinajstić information content (AvgIpc) is 2.20. The molecule has 17 heavy (non-hydrogen) atoms. The molecule has 0 aliphatic rings. The standard InChI is InChI=1S/C12H15N3.2ClH/c1-9(14)4-3-5-11-7-15-8-12(6-13)10(11)2;;/h3,5,7-9H,4,14H2,1-2H3;2*1H/b5-3+;;/t9-;;/m0../s1. The minimum absolute atomic E-state index is 0. The molecule has 0 aliphatic heterocycles. The molecular weight excluding hydrogens is 257 g/mol. The highest BCUT2D eigenvalue weighted by Gasteiger charge is 2.00. The summed E-state index contributed by atoms with van der Waals surface area (Å²) in [7, 11) is 0. The SMILES string of the molecule is Cc1c(C#N)cncc1/C=C/C[C@H](C)N.Cl.Cl. The number of pyridine rings is 1. The Labute approximate surface area is 115 Å². The van der Waals surface area contributed by atoms with Gasteiger partial charge in [0.05, 0.1) is 5.56 Å². The normalized spacial score (nSPS) is 11.2. The molecule has 0 amide bonds. The summed E-state index contributed by atoms with van der Waals surface area (Å²) in [6.07, 6.45) is 8.14. The van der Waals surface area contributed by atoms with Crippen molar-refractivity contribution in [2.45, 2.75) is 26.3 Å². The summed E-state index contributed by atoms with van der Waals surface area (Å²) in [5, 5.41) is 8.82. The fourth-order valence-electron chi connectivity index (χ4n) is 1.23. The van der Waals surface area contributed by atoms with Crippen LogP contribution in [0, 0.1) is 18.3 Å². The monoisotopic (exact) mass is 273 g/mol. The van der Waals surface area contributed by atoms with E-state index in [0.717, 1.165) is 17.5 Å². The maximum Gasteiger partial charge on any atom is 0.101 e. The van der Waals surface area contributed by atoms with E-state index in [0.29, 0.717) is 5.56 Å². The van der Waals surface area contributed by atoms with Gasteiger partial charge in [0.15, 0.2) is 0 Å². The topological polar surface area (TPSA) is 62.7 Å². The summed E-state index contributed by atoms with van der Waals surface area (Å²) >= 11 is 0. The summed E-state index contributed by atoms with van der Waals surface area (Å²) in [6.45, 7) is 3.88. The first kappa shape index (κ1) is 18.3. The van der Waals surface area contributed by atoms with E-state index in [-0.39, 0.29) is 30.9 Å². The van der Waals surface area contributed by atoms with Crippen LogP contribution in [-0.4, -0.2) is 11.0 Å². The Morgan fingerprint density at radius 3 is 2.65 bits per heavy atom. The van der Waals surface area contributed by atoms with Crippen LogP contribution in [0.4, 0.5) is 0 Å². The van der Waals surface area contributed by atoms with Crippen molar-refractivity contribution < 1.29 is 0 Å². The third kappa shape index (κ3) is 5.69. The Hall–Kier alpha value is -1.08. The maximum atomic E-state index is 8.82. The van der Waals surface area contributed by atoms with E-state index in [1.807, 2.05) is 26.0 Å². The van der Waals surface area contributed by atoms with Crippen LogP contribution in [0.3, 0.4) is 0 Å². The number of rotatable bonds is 3. The van der Waals surface area contributed by atoms with E-state index in [9.17, 15) is 0 Å². The van der Waals surface area contributed by atoms with Gasteiger partial charge in [-0.05, 0) is 31.4 Å². The fraction of sp³-hybridized carbons (Fsp3) is 0.333. The van der Waals surface area contributed by atoms with Crippen molar-refractivity contribution in [1.29, 1.82) is 5.26 Å². The predicted octanol–water partition coefficient (Wildman–Crippen LogP) is 2.86. The number of halogens is 2. The van der Waals surface area contributed by atoms with Crippen molar-refractivity contribution in [1.82, 2.24) is 4.98 Å². The van der Waals surface area contributed by atoms with Crippen molar-refractivity contribution >= 4 is 30.9 Å². The van der Waals surface area contributed by atoms with Gasteiger partial charge in [-0.3, -0.25) is 4.98 Å². The van der Waals surface area contributed by atoms with Crippen LogP contribution in [0.2, 0.25) is 0 Å². The zero-order valence-corrected chi connectivity index (χ0v) is 11.5. The van der Waals surface area contributed by atoms with Crippen LogP contribution < -0.4 is 5.73 Å². The zero-order valence-electron chi connectivity index (χ0n) is 9.88. The third-order valence-corrected chi connectivity index (χ3v) is 2.18. The Bertz CT molecular complexity index is 409. The lowest BCUT2D eigenvalue weighted by atomic mass is 10.1. The molecule has 0 radical (unpaired) electrons.